The van der Waals surface area contributed by atoms with Crippen molar-refractivity contribution in [2.45, 2.75) is 50.2 Å². The molecular weight excluding hydrogens is 345 g/mol. The van der Waals surface area contributed by atoms with E-state index in [9.17, 15) is 13.2 Å². The molecule has 0 spiro atoms. The normalized spacial score (nSPS) is 26.6. The van der Waals surface area contributed by atoms with E-state index in [1.165, 1.54) is 37.8 Å². The molecule has 0 saturated heterocycles. The van der Waals surface area contributed by atoms with Gasteiger partial charge in [-0.15, -0.1) is 13.2 Å². The Morgan fingerprint density at radius 1 is 1.19 bits per heavy atom. The molecule has 1 nitrogen and oxygen atoms in total. The number of hydrogen-bond acceptors (Lipinski definition) is 1. The number of rotatable bonds is 4. The number of alkyl halides is 4. The van der Waals surface area contributed by atoms with Crippen LogP contribution >= 0.6 is 15.9 Å². The lowest BCUT2D eigenvalue weighted by atomic mass is 9.77. The van der Waals surface area contributed by atoms with Crippen molar-refractivity contribution in [3.05, 3.63) is 29.8 Å². The third-order valence-corrected chi connectivity index (χ3v) is 5.44. The van der Waals surface area contributed by atoms with Crippen LogP contribution in [-0.2, 0) is 6.42 Å². The van der Waals surface area contributed by atoms with Gasteiger partial charge >= 0.3 is 6.36 Å². The van der Waals surface area contributed by atoms with Crippen LogP contribution in [0, 0.1) is 11.8 Å². The van der Waals surface area contributed by atoms with Crippen molar-refractivity contribution in [1.29, 1.82) is 0 Å². The minimum absolute atomic E-state index is 0.156. The first-order valence-corrected chi connectivity index (χ1v) is 8.27. The van der Waals surface area contributed by atoms with Crippen molar-refractivity contribution in [3.63, 3.8) is 0 Å². The van der Waals surface area contributed by atoms with E-state index in [1.807, 2.05) is 0 Å². The Morgan fingerprint density at radius 2 is 1.86 bits per heavy atom. The molecule has 21 heavy (non-hydrogen) atoms. The highest BCUT2D eigenvalue weighted by Gasteiger charge is 2.31. The molecule has 2 rings (SSSR count). The van der Waals surface area contributed by atoms with Crippen LogP contribution in [0.5, 0.6) is 5.75 Å². The van der Waals surface area contributed by atoms with Crippen molar-refractivity contribution in [1.82, 2.24) is 0 Å². The highest BCUT2D eigenvalue weighted by Crippen LogP contribution is 2.37. The molecule has 1 saturated carbocycles. The van der Waals surface area contributed by atoms with Gasteiger partial charge < -0.3 is 4.74 Å². The van der Waals surface area contributed by atoms with E-state index in [0.29, 0.717) is 10.7 Å². The maximum Gasteiger partial charge on any atom is 0.573 e. The molecule has 5 heteroatoms. The van der Waals surface area contributed by atoms with E-state index in [1.54, 1.807) is 12.1 Å². The lowest BCUT2D eigenvalue weighted by Crippen LogP contribution is -2.26. The van der Waals surface area contributed by atoms with Crippen molar-refractivity contribution in [2.75, 3.05) is 0 Å². The molecule has 0 N–H and O–H groups in total. The minimum atomic E-state index is -4.62. The van der Waals surface area contributed by atoms with Gasteiger partial charge in [-0.05, 0) is 55.2 Å². The van der Waals surface area contributed by atoms with Gasteiger partial charge in [0.05, 0.1) is 0 Å². The second kappa shape index (κ2) is 7.03. The second-order valence-electron chi connectivity index (χ2n) is 5.76. The maximum absolute atomic E-state index is 12.1. The van der Waals surface area contributed by atoms with E-state index in [-0.39, 0.29) is 5.75 Å². The van der Waals surface area contributed by atoms with Crippen molar-refractivity contribution in [2.24, 2.45) is 11.8 Å². The number of ether oxygens (including phenoxy) is 1. The Hall–Kier alpha value is -0.710. The Morgan fingerprint density at radius 3 is 2.43 bits per heavy atom. The molecule has 1 aromatic carbocycles. The Labute approximate surface area is 132 Å². The van der Waals surface area contributed by atoms with Gasteiger partial charge in [-0.1, -0.05) is 41.4 Å². The first kappa shape index (κ1) is 16.7. The largest absolute Gasteiger partial charge is 0.573 e. The summed E-state index contributed by atoms with van der Waals surface area (Å²) in [4.78, 5) is 0.506. The molecule has 1 aromatic rings. The smallest absolute Gasteiger partial charge is 0.406 e. The van der Waals surface area contributed by atoms with Crippen LogP contribution in [-0.4, -0.2) is 11.2 Å². The quantitative estimate of drug-likeness (QED) is 0.621. The highest BCUT2D eigenvalue weighted by atomic mass is 79.9. The Balaban J connectivity index is 1.96. The second-order valence-corrected chi connectivity index (χ2v) is 6.94. The molecule has 0 heterocycles. The highest BCUT2D eigenvalue weighted by molar-refractivity contribution is 9.09. The molecule has 0 radical (unpaired) electrons. The van der Waals surface area contributed by atoms with Gasteiger partial charge in [-0.25, -0.2) is 0 Å². The van der Waals surface area contributed by atoms with Crippen molar-refractivity contribution < 1.29 is 17.9 Å². The molecule has 3 atom stereocenters. The zero-order valence-corrected chi connectivity index (χ0v) is 13.6. The van der Waals surface area contributed by atoms with E-state index in [4.69, 9.17) is 0 Å². The summed E-state index contributed by atoms with van der Waals surface area (Å²) in [5.74, 6) is 1.17. The molecule has 118 valence electrons. The van der Waals surface area contributed by atoms with Crippen LogP contribution in [0.4, 0.5) is 13.2 Å². The molecule has 1 aliphatic rings. The fraction of sp³-hybridized carbons (Fsp3) is 0.625. The van der Waals surface area contributed by atoms with Gasteiger partial charge in [0.1, 0.15) is 5.75 Å². The average Bonchev–Trinajstić information content (AvgIpc) is 2.42. The van der Waals surface area contributed by atoms with E-state index in [2.05, 4.69) is 27.6 Å². The lowest BCUT2D eigenvalue weighted by Gasteiger charge is -2.33. The predicted octanol–water partition coefficient (Wildman–Crippen LogP) is 5.72. The summed E-state index contributed by atoms with van der Waals surface area (Å²) in [6.07, 6.45) is 1.11. The lowest BCUT2D eigenvalue weighted by molar-refractivity contribution is -0.274. The van der Waals surface area contributed by atoms with Gasteiger partial charge in [0.2, 0.25) is 0 Å². The number of benzene rings is 1. The maximum atomic E-state index is 12.1. The summed E-state index contributed by atoms with van der Waals surface area (Å²) in [5, 5.41) is 0. The monoisotopic (exact) mass is 364 g/mol. The minimum Gasteiger partial charge on any atom is -0.406 e. The first-order chi connectivity index (χ1) is 9.87. The van der Waals surface area contributed by atoms with Crippen LogP contribution in [0.25, 0.3) is 0 Å². The predicted molar refractivity (Wildman–Crippen MR) is 80.7 cm³/mol. The fourth-order valence-electron chi connectivity index (χ4n) is 3.04. The van der Waals surface area contributed by atoms with Crippen molar-refractivity contribution >= 4 is 15.9 Å². The van der Waals surface area contributed by atoms with Crippen LogP contribution in [0.3, 0.4) is 0 Å². The molecule has 0 aliphatic heterocycles. The summed E-state index contributed by atoms with van der Waals surface area (Å²) >= 11 is 3.75. The van der Waals surface area contributed by atoms with Crippen LogP contribution in [0.15, 0.2) is 24.3 Å². The van der Waals surface area contributed by atoms with Gasteiger partial charge in [-0.2, -0.15) is 0 Å². The first-order valence-electron chi connectivity index (χ1n) is 7.36. The van der Waals surface area contributed by atoms with Crippen LogP contribution in [0.1, 0.15) is 38.2 Å². The average molecular weight is 365 g/mol. The third kappa shape index (κ3) is 5.20. The zero-order valence-electron chi connectivity index (χ0n) is 12.0. The molecule has 3 unspecified atom stereocenters. The molecule has 1 fully saturated rings. The topological polar surface area (TPSA) is 9.23 Å². The summed E-state index contributed by atoms with van der Waals surface area (Å²) in [6, 6.07) is 6.26. The van der Waals surface area contributed by atoms with Crippen molar-refractivity contribution in [3.8, 4) is 5.75 Å². The van der Waals surface area contributed by atoms with Gasteiger partial charge in [0.15, 0.2) is 0 Å². The summed E-state index contributed by atoms with van der Waals surface area (Å²) < 4.78 is 40.3. The molecule has 0 aromatic heterocycles. The number of hydrogen-bond donors (Lipinski definition) is 0. The Kier molecular flexibility index (Phi) is 5.58. The van der Waals surface area contributed by atoms with E-state index >= 15 is 0 Å². The van der Waals surface area contributed by atoms with Gasteiger partial charge in [0.25, 0.3) is 0 Å². The summed E-state index contributed by atoms with van der Waals surface area (Å²) in [7, 11) is 0. The van der Waals surface area contributed by atoms with Gasteiger partial charge in [-0.3, -0.25) is 0 Å². The van der Waals surface area contributed by atoms with Crippen LogP contribution < -0.4 is 4.74 Å². The molecule has 0 bridgehead atoms. The fourth-order valence-corrected chi connectivity index (χ4v) is 3.70. The van der Waals surface area contributed by atoms with Gasteiger partial charge in [0, 0.05) is 4.83 Å². The molecular formula is C16H20BrF3O. The zero-order chi connectivity index (χ0) is 15.5. The standard InChI is InChI=1S/C16H20BrF3O/c1-2-11-5-8-15(17)13(9-11)10-12-3-6-14(7-4-12)21-16(18,19)20/h3-4,6-7,11,13,15H,2,5,8-10H2,1H3. The van der Waals surface area contributed by atoms with E-state index < -0.39 is 6.36 Å². The summed E-state index contributed by atoms with van der Waals surface area (Å²) in [6.45, 7) is 2.22. The van der Waals surface area contributed by atoms with Crippen LogP contribution in [0.2, 0.25) is 0 Å². The SMILES string of the molecule is CCC1CCC(Br)C(Cc2ccc(OC(F)(F)F)cc2)C1. The van der Waals surface area contributed by atoms with E-state index in [0.717, 1.165) is 17.9 Å². The summed E-state index contributed by atoms with van der Waals surface area (Å²) in [5.41, 5.74) is 1.07. The number of halogens is 4. The molecule has 1 aliphatic carbocycles. The Bertz CT molecular complexity index is 444. The molecule has 0 amide bonds. The third-order valence-electron chi connectivity index (χ3n) is 4.23.